The second kappa shape index (κ2) is 3.44. The molecule has 0 spiro atoms. The Morgan fingerprint density at radius 3 is 2.60 bits per heavy atom. The van der Waals surface area contributed by atoms with Gasteiger partial charge in [0.25, 0.3) is 0 Å². The molecule has 1 radical (unpaired) electrons. The number of urea groups is 1. The van der Waals surface area contributed by atoms with Crippen molar-refractivity contribution >= 4 is 6.03 Å². The van der Waals surface area contributed by atoms with E-state index in [1.807, 2.05) is 11.8 Å². The molecule has 0 bridgehead atoms. The molecule has 1 aliphatic heterocycles. The molecule has 0 unspecified atom stereocenters. The number of rotatable bonds is 1. The number of hydrogen-bond acceptors (Lipinski definition) is 1. The van der Waals surface area contributed by atoms with Crippen molar-refractivity contribution in [3.8, 4) is 0 Å². The molecule has 0 aliphatic carbocycles. The van der Waals surface area contributed by atoms with Crippen LogP contribution in [0.3, 0.4) is 0 Å². The van der Waals surface area contributed by atoms with Gasteiger partial charge in [-0.05, 0) is 19.8 Å². The van der Waals surface area contributed by atoms with Crippen molar-refractivity contribution in [2.45, 2.75) is 19.8 Å². The van der Waals surface area contributed by atoms with Crippen LogP contribution >= 0.6 is 0 Å². The summed E-state index contributed by atoms with van der Waals surface area (Å²) in [5, 5.41) is 2.65. The van der Waals surface area contributed by atoms with E-state index in [4.69, 9.17) is 0 Å². The summed E-state index contributed by atoms with van der Waals surface area (Å²) >= 11 is 0. The van der Waals surface area contributed by atoms with Gasteiger partial charge in [-0.2, -0.15) is 0 Å². The minimum atomic E-state index is 0.0417. The fourth-order valence-corrected chi connectivity index (χ4v) is 1.13. The Hall–Kier alpha value is -0.730. The highest BCUT2D eigenvalue weighted by Gasteiger charge is 2.16. The summed E-state index contributed by atoms with van der Waals surface area (Å²) in [5.41, 5.74) is 0. The lowest BCUT2D eigenvalue weighted by Crippen LogP contribution is -2.35. The molecule has 3 nitrogen and oxygen atoms in total. The molecule has 1 fully saturated rings. The molecule has 1 heterocycles. The Kier molecular flexibility index (Phi) is 2.54. The van der Waals surface area contributed by atoms with Crippen molar-refractivity contribution in [1.82, 2.24) is 10.2 Å². The van der Waals surface area contributed by atoms with E-state index in [9.17, 15) is 4.79 Å². The first-order valence-corrected chi connectivity index (χ1v) is 3.68. The summed E-state index contributed by atoms with van der Waals surface area (Å²) in [6.45, 7) is 5.31. The van der Waals surface area contributed by atoms with Crippen LogP contribution in [0, 0.1) is 6.54 Å². The van der Waals surface area contributed by atoms with Crippen LogP contribution in [0.15, 0.2) is 0 Å². The van der Waals surface area contributed by atoms with Crippen molar-refractivity contribution < 1.29 is 4.79 Å². The fraction of sp³-hybridized carbons (Fsp3) is 0.714. The summed E-state index contributed by atoms with van der Waals surface area (Å²) in [6, 6.07) is 0.0417. The van der Waals surface area contributed by atoms with E-state index in [-0.39, 0.29) is 6.03 Å². The molecule has 10 heavy (non-hydrogen) atoms. The number of carbonyl (C=O) groups is 1. The summed E-state index contributed by atoms with van der Waals surface area (Å²) in [6.07, 6.45) is 2.30. The van der Waals surface area contributed by atoms with Crippen molar-refractivity contribution in [1.29, 1.82) is 0 Å². The molecule has 57 valence electrons. The second-order valence-corrected chi connectivity index (χ2v) is 2.43. The molecular weight excluding hydrogens is 128 g/mol. The number of amides is 2. The van der Waals surface area contributed by atoms with Crippen LogP contribution in [0.25, 0.3) is 0 Å². The highest BCUT2D eigenvalue weighted by atomic mass is 16.2. The van der Waals surface area contributed by atoms with E-state index in [0.29, 0.717) is 0 Å². The third kappa shape index (κ3) is 1.62. The van der Waals surface area contributed by atoms with E-state index >= 15 is 0 Å². The Bertz CT molecular complexity index is 119. The van der Waals surface area contributed by atoms with Gasteiger partial charge in [0.2, 0.25) is 0 Å². The SMILES string of the molecule is C[CH]NC(=O)N1CCCC1. The molecule has 3 heteroatoms. The van der Waals surface area contributed by atoms with E-state index in [0.717, 1.165) is 25.9 Å². The molecule has 1 aliphatic rings. The van der Waals surface area contributed by atoms with Crippen LogP contribution in [0.1, 0.15) is 19.8 Å². The lowest BCUT2D eigenvalue weighted by Gasteiger charge is -2.14. The third-order valence-corrected chi connectivity index (χ3v) is 1.66. The minimum absolute atomic E-state index is 0.0417. The van der Waals surface area contributed by atoms with E-state index < -0.39 is 0 Å². The highest BCUT2D eigenvalue weighted by molar-refractivity contribution is 5.74. The Balaban J connectivity index is 2.25. The van der Waals surface area contributed by atoms with Crippen LogP contribution in [-0.2, 0) is 0 Å². The zero-order valence-corrected chi connectivity index (χ0v) is 6.26. The van der Waals surface area contributed by atoms with Gasteiger partial charge in [0.05, 0.1) is 0 Å². The topological polar surface area (TPSA) is 32.3 Å². The van der Waals surface area contributed by atoms with Gasteiger partial charge in [-0.3, -0.25) is 0 Å². The predicted molar refractivity (Wildman–Crippen MR) is 39.3 cm³/mol. The molecular formula is C7H13N2O. The van der Waals surface area contributed by atoms with Gasteiger partial charge >= 0.3 is 6.03 Å². The van der Waals surface area contributed by atoms with Crippen LogP contribution < -0.4 is 5.32 Å². The first-order valence-electron chi connectivity index (χ1n) is 3.68. The van der Waals surface area contributed by atoms with Crippen LogP contribution in [0.5, 0.6) is 0 Å². The normalized spacial score (nSPS) is 17.5. The van der Waals surface area contributed by atoms with Crippen LogP contribution in [0.2, 0.25) is 0 Å². The van der Waals surface area contributed by atoms with Gasteiger partial charge in [-0.15, -0.1) is 0 Å². The molecule has 2 amide bonds. The Morgan fingerprint density at radius 2 is 2.10 bits per heavy atom. The first-order chi connectivity index (χ1) is 4.84. The Labute approximate surface area is 61.4 Å². The predicted octanol–water partition coefficient (Wildman–Crippen LogP) is 0.973. The van der Waals surface area contributed by atoms with Gasteiger partial charge in [-0.1, -0.05) is 0 Å². The average Bonchev–Trinajstić information content (AvgIpc) is 2.38. The Morgan fingerprint density at radius 1 is 1.50 bits per heavy atom. The molecule has 0 saturated carbocycles. The average molecular weight is 141 g/mol. The van der Waals surface area contributed by atoms with E-state index in [1.165, 1.54) is 0 Å². The van der Waals surface area contributed by atoms with E-state index in [2.05, 4.69) is 5.32 Å². The molecule has 1 N–H and O–H groups in total. The smallest absolute Gasteiger partial charge is 0.317 e. The zero-order valence-electron chi connectivity index (χ0n) is 6.26. The highest BCUT2D eigenvalue weighted by Crippen LogP contribution is 2.06. The molecule has 0 aromatic carbocycles. The number of likely N-dealkylation sites (tertiary alicyclic amines) is 1. The lowest BCUT2D eigenvalue weighted by atomic mass is 10.4. The monoisotopic (exact) mass is 141 g/mol. The maximum atomic E-state index is 11.0. The molecule has 0 aromatic heterocycles. The van der Waals surface area contributed by atoms with Crippen molar-refractivity contribution in [3.05, 3.63) is 6.54 Å². The van der Waals surface area contributed by atoms with Crippen molar-refractivity contribution in [2.75, 3.05) is 13.1 Å². The van der Waals surface area contributed by atoms with Crippen molar-refractivity contribution in [3.63, 3.8) is 0 Å². The molecule has 0 aromatic rings. The summed E-state index contributed by atoms with van der Waals surface area (Å²) in [7, 11) is 0. The van der Waals surface area contributed by atoms with Crippen LogP contribution in [0.4, 0.5) is 4.79 Å². The first kappa shape index (κ1) is 7.38. The maximum Gasteiger partial charge on any atom is 0.317 e. The van der Waals surface area contributed by atoms with Gasteiger partial charge in [0, 0.05) is 19.6 Å². The van der Waals surface area contributed by atoms with Gasteiger partial charge in [-0.25, -0.2) is 4.79 Å². The van der Waals surface area contributed by atoms with Crippen molar-refractivity contribution in [2.24, 2.45) is 0 Å². The van der Waals surface area contributed by atoms with Gasteiger partial charge < -0.3 is 10.2 Å². The molecule has 1 saturated heterocycles. The standard InChI is InChI=1S/C7H13N2O/c1-2-8-7(10)9-5-3-4-6-9/h2H,3-6H2,1H3,(H,8,10). The number of nitrogens with one attached hydrogen (secondary N) is 1. The zero-order chi connectivity index (χ0) is 7.40. The maximum absolute atomic E-state index is 11.0. The van der Waals surface area contributed by atoms with Gasteiger partial charge in [0.15, 0.2) is 0 Å². The number of hydrogen-bond donors (Lipinski definition) is 1. The quantitative estimate of drug-likeness (QED) is 0.580. The van der Waals surface area contributed by atoms with E-state index in [1.54, 1.807) is 6.54 Å². The minimum Gasteiger partial charge on any atom is -0.333 e. The lowest BCUT2D eigenvalue weighted by molar-refractivity contribution is 0.211. The largest absolute Gasteiger partial charge is 0.333 e. The molecule has 1 rings (SSSR count). The second-order valence-electron chi connectivity index (χ2n) is 2.43. The van der Waals surface area contributed by atoms with Gasteiger partial charge in [0.1, 0.15) is 0 Å². The van der Waals surface area contributed by atoms with Crippen LogP contribution in [-0.4, -0.2) is 24.0 Å². The summed E-state index contributed by atoms with van der Waals surface area (Å²) in [4.78, 5) is 12.9. The summed E-state index contributed by atoms with van der Waals surface area (Å²) < 4.78 is 0. The molecule has 0 atom stereocenters. The fourth-order valence-electron chi connectivity index (χ4n) is 1.13. The number of carbonyl (C=O) groups excluding carboxylic acids is 1. The summed E-state index contributed by atoms with van der Waals surface area (Å²) in [5.74, 6) is 0. The number of nitrogens with zero attached hydrogens (tertiary/aromatic N) is 1. The third-order valence-electron chi connectivity index (χ3n) is 1.66.